The van der Waals surface area contributed by atoms with Crippen molar-refractivity contribution in [2.24, 2.45) is 0 Å². The number of aromatic nitrogens is 1. The summed E-state index contributed by atoms with van der Waals surface area (Å²) in [7, 11) is -3.29. The molecule has 2 aromatic rings. The first-order valence-corrected chi connectivity index (χ1v) is 11.0. The summed E-state index contributed by atoms with van der Waals surface area (Å²) in [4.78, 5) is 32.7. The van der Waals surface area contributed by atoms with Gasteiger partial charge in [-0.2, -0.15) is 0 Å². The van der Waals surface area contributed by atoms with Crippen LogP contribution in [0.4, 0.5) is 0 Å². The van der Waals surface area contributed by atoms with Gasteiger partial charge < -0.3 is 9.80 Å². The van der Waals surface area contributed by atoms with E-state index in [-0.39, 0.29) is 16.7 Å². The summed E-state index contributed by atoms with van der Waals surface area (Å²) in [6.07, 6.45) is 1.82. The fourth-order valence-corrected chi connectivity index (χ4v) is 3.99. The van der Waals surface area contributed by atoms with E-state index < -0.39 is 9.84 Å². The quantitative estimate of drug-likeness (QED) is 0.789. The summed E-state index contributed by atoms with van der Waals surface area (Å²) in [6, 6.07) is 5.94. The molecule has 0 saturated carbocycles. The van der Waals surface area contributed by atoms with Gasteiger partial charge in [0.15, 0.2) is 9.84 Å². The molecule has 0 radical (unpaired) electrons. The standard InChI is InChI=1S/C17H19N3O4S2/c1-26(23,24)14-5-3-13(4-6-14)16(21)19-7-2-8-20(10-9-19)17(22)15-11-25-12-18-15/h3-6,11-12H,2,7-10H2,1H3. The molecule has 1 aliphatic rings. The first kappa shape index (κ1) is 18.5. The molecule has 9 heteroatoms. The van der Waals surface area contributed by atoms with Crippen LogP contribution in [0.3, 0.4) is 0 Å². The number of benzene rings is 1. The van der Waals surface area contributed by atoms with Crippen LogP contribution in [0.15, 0.2) is 40.1 Å². The zero-order valence-corrected chi connectivity index (χ0v) is 15.9. The highest BCUT2D eigenvalue weighted by atomic mass is 32.2. The van der Waals surface area contributed by atoms with Crippen LogP contribution in [0.2, 0.25) is 0 Å². The lowest BCUT2D eigenvalue weighted by molar-refractivity contribution is 0.0716. The van der Waals surface area contributed by atoms with Crippen LogP contribution < -0.4 is 0 Å². The van der Waals surface area contributed by atoms with Gasteiger partial charge in [-0.1, -0.05) is 0 Å². The normalized spacial score (nSPS) is 15.6. The van der Waals surface area contributed by atoms with E-state index in [0.29, 0.717) is 43.9 Å². The molecule has 138 valence electrons. The molecule has 2 heterocycles. The van der Waals surface area contributed by atoms with Gasteiger partial charge in [-0.3, -0.25) is 9.59 Å². The number of nitrogens with zero attached hydrogens (tertiary/aromatic N) is 3. The van der Waals surface area contributed by atoms with Crippen LogP contribution in [-0.2, 0) is 9.84 Å². The first-order valence-electron chi connectivity index (χ1n) is 8.13. The third-order valence-corrected chi connectivity index (χ3v) is 5.97. The molecule has 0 N–H and O–H groups in total. The van der Waals surface area contributed by atoms with Crippen LogP contribution >= 0.6 is 11.3 Å². The van der Waals surface area contributed by atoms with Crippen molar-refractivity contribution in [2.45, 2.75) is 11.3 Å². The number of hydrogen-bond acceptors (Lipinski definition) is 6. The Kier molecular flexibility index (Phi) is 5.38. The second-order valence-corrected chi connectivity index (χ2v) is 8.84. The average Bonchev–Trinajstić information content (AvgIpc) is 3.04. The van der Waals surface area contributed by atoms with Gasteiger partial charge >= 0.3 is 0 Å². The number of hydrogen-bond donors (Lipinski definition) is 0. The maximum Gasteiger partial charge on any atom is 0.273 e. The molecule has 1 aromatic carbocycles. The van der Waals surface area contributed by atoms with E-state index in [4.69, 9.17) is 0 Å². The van der Waals surface area contributed by atoms with Gasteiger partial charge in [-0.15, -0.1) is 11.3 Å². The van der Waals surface area contributed by atoms with Crippen molar-refractivity contribution in [3.05, 3.63) is 46.4 Å². The van der Waals surface area contributed by atoms with Crippen LogP contribution in [0, 0.1) is 0 Å². The van der Waals surface area contributed by atoms with Crippen LogP contribution in [0.25, 0.3) is 0 Å². The molecule has 3 rings (SSSR count). The topological polar surface area (TPSA) is 87.7 Å². The van der Waals surface area contributed by atoms with Gasteiger partial charge in [0.05, 0.1) is 10.4 Å². The Morgan fingerprint density at radius 3 is 2.15 bits per heavy atom. The molecular weight excluding hydrogens is 374 g/mol. The third-order valence-electron chi connectivity index (χ3n) is 4.25. The van der Waals surface area contributed by atoms with Crippen molar-refractivity contribution in [3.8, 4) is 0 Å². The SMILES string of the molecule is CS(=O)(=O)c1ccc(C(=O)N2CCCN(C(=O)c3cscn3)CC2)cc1. The van der Waals surface area contributed by atoms with Gasteiger partial charge in [0.2, 0.25) is 0 Å². The molecule has 0 unspecified atom stereocenters. The number of carbonyl (C=O) groups is 2. The van der Waals surface area contributed by atoms with E-state index >= 15 is 0 Å². The Morgan fingerprint density at radius 2 is 1.62 bits per heavy atom. The van der Waals surface area contributed by atoms with Gasteiger partial charge in [0.25, 0.3) is 11.8 Å². The second-order valence-electron chi connectivity index (χ2n) is 6.11. The number of sulfone groups is 1. The van der Waals surface area contributed by atoms with Crippen molar-refractivity contribution >= 4 is 33.0 Å². The molecule has 0 aliphatic carbocycles. The highest BCUT2D eigenvalue weighted by Gasteiger charge is 2.24. The van der Waals surface area contributed by atoms with E-state index in [1.807, 2.05) is 0 Å². The Morgan fingerprint density at radius 1 is 1.00 bits per heavy atom. The molecule has 1 saturated heterocycles. The molecule has 7 nitrogen and oxygen atoms in total. The number of rotatable bonds is 3. The van der Waals surface area contributed by atoms with Crippen molar-refractivity contribution < 1.29 is 18.0 Å². The highest BCUT2D eigenvalue weighted by molar-refractivity contribution is 7.90. The predicted molar refractivity (Wildman–Crippen MR) is 98.1 cm³/mol. The Labute approximate surface area is 156 Å². The number of thiazole rings is 1. The summed E-state index contributed by atoms with van der Waals surface area (Å²) >= 11 is 1.38. The van der Waals surface area contributed by atoms with Gasteiger partial charge in [-0.25, -0.2) is 13.4 Å². The molecule has 1 aliphatic heterocycles. The predicted octanol–water partition coefficient (Wildman–Crippen LogP) is 1.53. The monoisotopic (exact) mass is 393 g/mol. The molecule has 2 amide bonds. The summed E-state index contributed by atoms with van der Waals surface area (Å²) in [5.41, 5.74) is 2.50. The Balaban J connectivity index is 1.67. The summed E-state index contributed by atoms with van der Waals surface area (Å²) in [6.45, 7) is 2.01. The molecular formula is C17H19N3O4S2. The number of carbonyl (C=O) groups excluding carboxylic acids is 2. The van der Waals surface area contributed by atoms with E-state index in [9.17, 15) is 18.0 Å². The third kappa shape index (κ3) is 4.10. The minimum absolute atomic E-state index is 0.113. The fraction of sp³-hybridized carbons (Fsp3) is 0.353. The van der Waals surface area contributed by atoms with Crippen LogP contribution in [0.5, 0.6) is 0 Å². The van der Waals surface area contributed by atoms with E-state index in [1.165, 1.54) is 35.6 Å². The average molecular weight is 393 g/mol. The Hall–Kier alpha value is -2.26. The molecule has 1 aromatic heterocycles. The largest absolute Gasteiger partial charge is 0.337 e. The summed E-state index contributed by atoms with van der Waals surface area (Å²) in [5.74, 6) is -0.272. The maximum absolute atomic E-state index is 12.7. The lowest BCUT2D eigenvalue weighted by Crippen LogP contribution is -2.37. The van der Waals surface area contributed by atoms with Crippen molar-refractivity contribution in [2.75, 3.05) is 32.4 Å². The smallest absolute Gasteiger partial charge is 0.273 e. The van der Waals surface area contributed by atoms with Gasteiger partial charge in [0.1, 0.15) is 5.69 Å². The molecule has 0 bridgehead atoms. The summed E-state index contributed by atoms with van der Waals surface area (Å²) < 4.78 is 23.0. The lowest BCUT2D eigenvalue weighted by atomic mass is 10.2. The van der Waals surface area contributed by atoms with Crippen LogP contribution in [-0.4, -0.2) is 67.5 Å². The Bertz CT molecular complexity index is 893. The van der Waals surface area contributed by atoms with Gasteiger partial charge in [0, 0.05) is 43.4 Å². The van der Waals surface area contributed by atoms with E-state index in [2.05, 4.69) is 4.98 Å². The first-order chi connectivity index (χ1) is 12.4. The summed E-state index contributed by atoms with van der Waals surface area (Å²) in [5, 5.41) is 1.72. The van der Waals surface area contributed by atoms with Crippen molar-refractivity contribution in [1.82, 2.24) is 14.8 Å². The van der Waals surface area contributed by atoms with Crippen molar-refractivity contribution in [1.29, 1.82) is 0 Å². The second kappa shape index (κ2) is 7.55. The molecule has 0 atom stereocenters. The minimum Gasteiger partial charge on any atom is -0.337 e. The van der Waals surface area contributed by atoms with Gasteiger partial charge in [-0.05, 0) is 30.7 Å². The number of amides is 2. The van der Waals surface area contributed by atoms with Crippen LogP contribution in [0.1, 0.15) is 27.3 Å². The zero-order chi connectivity index (χ0) is 18.7. The molecule has 0 spiro atoms. The van der Waals surface area contributed by atoms with E-state index in [0.717, 1.165) is 6.26 Å². The zero-order valence-electron chi connectivity index (χ0n) is 14.3. The molecule has 1 fully saturated rings. The fourth-order valence-electron chi connectivity index (χ4n) is 2.83. The molecule has 26 heavy (non-hydrogen) atoms. The maximum atomic E-state index is 12.7. The minimum atomic E-state index is -3.29. The van der Waals surface area contributed by atoms with Crippen molar-refractivity contribution in [3.63, 3.8) is 0 Å². The highest BCUT2D eigenvalue weighted by Crippen LogP contribution is 2.15. The lowest BCUT2D eigenvalue weighted by Gasteiger charge is -2.22. The van der Waals surface area contributed by atoms with E-state index in [1.54, 1.807) is 20.7 Å².